The molecule has 0 radical (unpaired) electrons. The molecule has 0 heterocycles. The Bertz CT molecular complexity index is 537. The molecule has 0 unspecified atom stereocenters. The fourth-order valence-electron chi connectivity index (χ4n) is 2.87. The highest BCUT2D eigenvalue weighted by molar-refractivity contribution is 5.94. The summed E-state index contributed by atoms with van der Waals surface area (Å²) in [5.41, 5.74) is 6.64. The number of hydrazine groups is 1. The summed E-state index contributed by atoms with van der Waals surface area (Å²) in [5.74, 6) is -0.416. The van der Waals surface area contributed by atoms with Crippen molar-refractivity contribution in [3.8, 4) is 0 Å². The summed E-state index contributed by atoms with van der Waals surface area (Å²) in [7, 11) is 0. The normalized spacial score (nSPS) is 21.0. The van der Waals surface area contributed by atoms with Crippen LogP contribution in [0.15, 0.2) is 36.0 Å². The number of benzene rings is 1. The zero-order valence-corrected chi connectivity index (χ0v) is 12.2. The molecule has 1 aromatic rings. The first-order chi connectivity index (χ1) is 9.37. The smallest absolute Gasteiger partial charge is 0.272 e. The molecule has 20 heavy (non-hydrogen) atoms. The quantitative estimate of drug-likeness (QED) is 0.831. The van der Waals surface area contributed by atoms with Crippen molar-refractivity contribution in [2.75, 3.05) is 0 Å². The van der Waals surface area contributed by atoms with Crippen LogP contribution in [0.2, 0.25) is 0 Å². The Morgan fingerprint density at radius 1 is 1.35 bits per heavy atom. The first-order valence-electron chi connectivity index (χ1n) is 6.90. The molecule has 0 aromatic heterocycles. The van der Waals surface area contributed by atoms with E-state index >= 15 is 0 Å². The minimum absolute atomic E-state index is 0.0451. The van der Waals surface area contributed by atoms with Gasteiger partial charge in [0.25, 0.3) is 5.91 Å². The van der Waals surface area contributed by atoms with Crippen molar-refractivity contribution in [2.24, 2.45) is 11.3 Å². The Hall–Kier alpha value is -1.84. The summed E-state index contributed by atoms with van der Waals surface area (Å²) in [6, 6.07) is 5.95. The van der Waals surface area contributed by atoms with Crippen LogP contribution in [0.3, 0.4) is 0 Å². The van der Waals surface area contributed by atoms with Crippen molar-refractivity contribution in [2.45, 2.75) is 33.6 Å². The van der Waals surface area contributed by atoms with Gasteiger partial charge in [0.1, 0.15) is 5.82 Å². The Morgan fingerprint density at radius 2 is 2.05 bits per heavy atom. The van der Waals surface area contributed by atoms with Crippen LogP contribution in [-0.2, 0) is 0 Å². The van der Waals surface area contributed by atoms with Crippen LogP contribution in [0.1, 0.15) is 44.0 Å². The molecule has 1 atom stereocenters. The second kappa shape index (κ2) is 5.65. The molecule has 1 aliphatic rings. The molecule has 1 aliphatic carbocycles. The predicted molar refractivity (Wildman–Crippen MR) is 77.3 cm³/mol. The van der Waals surface area contributed by atoms with Crippen LogP contribution in [0.4, 0.5) is 4.39 Å². The Kier molecular flexibility index (Phi) is 4.12. The van der Waals surface area contributed by atoms with Crippen LogP contribution < -0.4 is 10.9 Å². The third-order valence-electron chi connectivity index (χ3n) is 3.46. The molecule has 0 saturated heterocycles. The number of carbonyl (C=O) groups is 1. The van der Waals surface area contributed by atoms with Gasteiger partial charge in [0.2, 0.25) is 0 Å². The number of halogens is 1. The van der Waals surface area contributed by atoms with Crippen LogP contribution in [0.25, 0.3) is 0 Å². The Balaban J connectivity index is 2.01. The van der Waals surface area contributed by atoms with E-state index in [1.807, 2.05) is 0 Å². The summed E-state index contributed by atoms with van der Waals surface area (Å²) in [6.07, 6.45) is 4.15. The van der Waals surface area contributed by atoms with Gasteiger partial charge in [-0.1, -0.05) is 39.0 Å². The third kappa shape index (κ3) is 3.59. The van der Waals surface area contributed by atoms with Gasteiger partial charge in [-0.05, 0) is 36.3 Å². The molecule has 1 amide bonds. The van der Waals surface area contributed by atoms with E-state index in [1.54, 1.807) is 12.1 Å². The molecule has 3 nitrogen and oxygen atoms in total. The lowest BCUT2D eigenvalue weighted by Gasteiger charge is -2.32. The highest BCUT2D eigenvalue weighted by Crippen LogP contribution is 2.35. The van der Waals surface area contributed by atoms with E-state index < -0.39 is 11.7 Å². The fraction of sp³-hybridized carbons (Fsp3) is 0.438. The van der Waals surface area contributed by atoms with Gasteiger partial charge in [-0.3, -0.25) is 10.2 Å². The van der Waals surface area contributed by atoms with Crippen LogP contribution >= 0.6 is 0 Å². The Labute approximate surface area is 119 Å². The second-order valence-electron chi connectivity index (χ2n) is 6.23. The van der Waals surface area contributed by atoms with Crippen molar-refractivity contribution in [3.63, 3.8) is 0 Å². The SMILES string of the molecule is C[C@@H]1CC(NNC(=O)c2ccccc2F)=CC(C)(C)C1. The number of allylic oxidation sites excluding steroid dienone is 2. The largest absolute Gasteiger partial charge is 0.303 e. The zero-order chi connectivity index (χ0) is 14.8. The van der Waals surface area contributed by atoms with Gasteiger partial charge in [-0.2, -0.15) is 0 Å². The predicted octanol–water partition coefficient (Wildman–Crippen LogP) is 3.40. The number of rotatable bonds is 3. The molecule has 0 aliphatic heterocycles. The van der Waals surface area contributed by atoms with Crippen molar-refractivity contribution in [1.82, 2.24) is 10.9 Å². The molecule has 1 aromatic carbocycles. The summed E-state index contributed by atoms with van der Waals surface area (Å²) >= 11 is 0. The minimum atomic E-state index is -0.516. The maximum Gasteiger partial charge on any atom is 0.272 e. The Morgan fingerprint density at radius 3 is 2.70 bits per heavy atom. The molecule has 0 saturated carbocycles. The number of hydrogen-bond donors (Lipinski definition) is 2. The van der Waals surface area contributed by atoms with Gasteiger partial charge in [0.05, 0.1) is 5.56 Å². The molecule has 2 rings (SSSR count). The first-order valence-corrected chi connectivity index (χ1v) is 6.90. The average molecular weight is 276 g/mol. The van der Waals surface area contributed by atoms with Crippen molar-refractivity contribution in [3.05, 3.63) is 47.4 Å². The summed E-state index contributed by atoms with van der Waals surface area (Å²) in [6.45, 7) is 6.53. The van der Waals surface area contributed by atoms with Crippen molar-refractivity contribution < 1.29 is 9.18 Å². The lowest BCUT2D eigenvalue weighted by Crippen LogP contribution is -2.39. The van der Waals surface area contributed by atoms with Gasteiger partial charge in [0.15, 0.2) is 0 Å². The molecule has 4 heteroatoms. The molecular formula is C16H21FN2O. The van der Waals surface area contributed by atoms with E-state index in [0.29, 0.717) is 5.92 Å². The van der Waals surface area contributed by atoms with E-state index in [9.17, 15) is 9.18 Å². The lowest BCUT2D eigenvalue weighted by atomic mass is 9.76. The van der Waals surface area contributed by atoms with Gasteiger partial charge >= 0.3 is 0 Å². The van der Waals surface area contributed by atoms with Crippen molar-refractivity contribution in [1.29, 1.82) is 0 Å². The monoisotopic (exact) mass is 276 g/mol. The number of amides is 1. The highest BCUT2D eigenvalue weighted by atomic mass is 19.1. The van der Waals surface area contributed by atoms with E-state index in [1.165, 1.54) is 12.1 Å². The minimum Gasteiger partial charge on any atom is -0.303 e. The van der Waals surface area contributed by atoms with Gasteiger partial charge in [-0.25, -0.2) is 4.39 Å². The third-order valence-corrected chi connectivity index (χ3v) is 3.46. The van der Waals surface area contributed by atoms with E-state index in [0.717, 1.165) is 18.5 Å². The van der Waals surface area contributed by atoms with Crippen molar-refractivity contribution >= 4 is 5.91 Å². The van der Waals surface area contributed by atoms with E-state index in [4.69, 9.17) is 0 Å². The number of nitrogens with one attached hydrogen (secondary N) is 2. The van der Waals surface area contributed by atoms with Gasteiger partial charge in [0, 0.05) is 5.70 Å². The number of hydrogen-bond acceptors (Lipinski definition) is 2. The van der Waals surface area contributed by atoms with Gasteiger partial charge in [-0.15, -0.1) is 0 Å². The second-order valence-corrected chi connectivity index (χ2v) is 6.23. The van der Waals surface area contributed by atoms with E-state index in [-0.39, 0.29) is 11.0 Å². The summed E-state index contributed by atoms with van der Waals surface area (Å²) < 4.78 is 13.5. The number of carbonyl (C=O) groups excluding carboxylic acids is 1. The molecular weight excluding hydrogens is 255 g/mol. The molecule has 0 fully saturated rings. The van der Waals surface area contributed by atoms with Crippen LogP contribution in [0, 0.1) is 17.2 Å². The van der Waals surface area contributed by atoms with Crippen LogP contribution in [-0.4, -0.2) is 5.91 Å². The topological polar surface area (TPSA) is 41.1 Å². The molecule has 2 N–H and O–H groups in total. The molecule has 108 valence electrons. The molecule has 0 bridgehead atoms. The maximum absolute atomic E-state index is 13.5. The van der Waals surface area contributed by atoms with Gasteiger partial charge < -0.3 is 5.43 Å². The zero-order valence-electron chi connectivity index (χ0n) is 12.2. The maximum atomic E-state index is 13.5. The standard InChI is InChI=1S/C16H21FN2O/c1-11-8-12(10-16(2,3)9-11)18-19-15(20)13-6-4-5-7-14(13)17/h4-7,10-11,18H,8-9H2,1-3H3,(H,19,20)/t11-/m1/s1. The van der Waals surface area contributed by atoms with E-state index in [2.05, 4.69) is 37.7 Å². The van der Waals surface area contributed by atoms with Crippen LogP contribution in [0.5, 0.6) is 0 Å². The fourth-order valence-corrected chi connectivity index (χ4v) is 2.87. The summed E-state index contributed by atoms with van der Waals surface area (Å²) in [4.78, 5) is 11.9. The first kappa shape index (κ1) is 14.6. The average Bonchev–Trinajstić information content (AvgIpc) is 2.34. The lowest BCUT2D eigenvalue weighted by molar-refractivity contribution is 0.0932. The highest BCUT2D eigenvalue weighted by Gasteiger charge is 2.25. The molecule has 0 spiro atoms. The summed E-state index contributed by atoms with van der Waals surface area (Å²) in [5, 5.41) is 0.